The van der Waals surface area contributed by atoms with E-state index in [1.54, 1.807) is 0 Å². The molecule has 0 aliphatic heterocycles. The average Bonchev–Trinajstić information content (AvgIpc) is 2.61. The zero-order valence-corrected chi connectivity index (χ0v) is 17.5. The van der Waals surface area contributed by atoms with Gasteiger partial charge in [0.05, 0.1) is 6.61 Å². The highest BCUT2D eigenvalue weighted by Crippen LogP contribution is 2.21. The van der Waals surface area contributed by atoms with Gasteiger partial charge in [0.1, 0.15) is 6.61 Å². The first-order valence-electron chi connectivity index (χ1n) is 9.85. The van der Waals surface area contributed by atoms with Gasteiger partial charge >= 0.3 is 14.8 Å². The molecule has 0 atom stereocenters. The molecule has 148 valence electrons. The van der Waals surface area contributed by atoms with Gasteiger partial charge in [-0.2, -0.15) is 0 Å². The number of rotatable bonds is 18. The van der Waals surface area contributed by atoms with Crippen LogP contribution in [0.5, 0.6) is 0 Å². The summed E-state index contributed by atoms with van der Waals surface area (Å²) in [6.07, 6.45) is 11.2. The first kappa shape index (κ1) is 24.3. The van der Waals surface area contributed by atoms with Gasteiger partial charge in [0.2, 0.25) is 0 Å². The van der Waals surface area contributed by atoms with Gasteiger partial charge in [0.15, 0.2) is 0 Å². The van der Waals surface area contributed by atoms with E-state index in [1.807, 2.05) is 13.8 Å². The third kappa shape index (κ3) is 13.2. The summed E-state index contributed by atoms with van der Waals surface area (Å²) in [5.41, 5.74) is 0. The first-order chi connectivity index (χ1) is 12.1. The Morgan fingerprint density at radius 1 is 0.840 bits per heavy atom. The summed E-state index contributed by atoms with van der Waals surface area (Å²) in [7, 11) is -2.68. The molecule has 0 heterocycles. The van der Waals surface area contributed by atoms with Gasteiger partial charge < -0.3 is 18.0 Å². The SMILES string of the molecule is C=CC(=O)OCCO[Si](CCCCCCCCCC)(OCC)OCC. The van der Waals surface area contributed by atoms with E-state index in [0.717, 1.165) is 18.5 Å². The lowest BCUT2D eigenvalue weighted by molar-refractivity contribution is -0.138. The molecule has 0 aromatic heterocycles. The standard InChI is InChI=1S/C19H38O5Si/c1-5-9-10-11-12-13-14-15-18-25(22-7-3,23-8-4)24-17-16-21-19(20)6-2/h6H,2,5,7-18H2,1,3-4H3. The molecular formula is C19H38O5Si. The minimum atomic E-state index is -2.68. The molecule has 0 N–H and O–H groups in total. The summed E-state index contributed by atoms with van der Waals surface area (Å²) in [5, 5.41) is 0. The van der Waals surface area contributed by atoms with Crippen LogP contribution >= 0.6 is 0 Å². The fraction of sp³-hybridized carbons (Fsp3) is 0.842. The quantitative estimate of drug-likeness (QED) is 0.148. The summed E-state index contributed by atoms with van der Waals surface area (Å²) in [5.74, 6) is -0.438. The fourth-order valence-corrected chi connectivity index (χ4v) is 5.30. The van der Waals surface area contributed by atoms with E-state index in [9.17, 15) is 4.79 Å². The van der Waals surface area contributed by atoms with Crippen LogP contribution in [0, 0.1) is 0 Å². The van der Waals surface area contributed by atoms with E-state index >= 15 is 0 Å². The predicted molar refractivity (Wildman–Crippen MR) is 104 cm³/mol. The molecule has 0 saturated heterocycles. The van der Waals surface area contributed by atoms with E-state index in [4.69, 9.17) is 18.0 Å². The molecule has 0 aliphatic rings. The van der Waals surface area contributed by atoms with Crippen molar-refractivity contribution in [1.29, 1.82) is 0 Å². The number of hydrogen-bond donors (Lipinski definition) is 0. The average molecular weight is 375 g/mol. The number of hydrogen-bond acceptors (Lipinski definition) is 5. The second-order valence-corrected chi connectivity index (χ2v) is 8.73. The van der Waals surface area contributed by atoms with Gasteiger partial charge in [0.25, 0.3) is 0 Å². The van der Waals surface area contributed by atoms with Gasteiger partial charge in [-0.05, 0) is 20.3 Å². The number of ether oxygens (including phenoxy) is 1. The third-order valence-electron chi connectivity index (χ3n) is 3.88. The zero-order chi connectivity index (χ0) is 18.8. The van der Waals surface area contributed by atoms with Crippen LogP contribution in [0.15, 0.2) is 12.7 Å². The molecule has 0 radical (unpaired) electrons. The molecule has 0 unspecified atom stereocenters. The Morgan fingerprint density at radius 2 is 1.40 bits per heavy atom. The first-order valence-corrected chi connectivity index (χ1v) is 11.8. The molecule has 0 bridgehead atoms. The van der Waals surface area contributed by atoms with Crippen molar-refractivity contribution in [2.75, 3.05) is 26.4 Å². The van der Waals surface area contributed by atoms with Crippen LogP contribution < -0.4 is 0 Å². The van der Waals surface area contributed by atoms with Crippen molar-refractivity contribution in [2.24, 2.45) is 0 Å². The van der Waals surface area contributed by atoms with Crippen molar-refractivity contribution < 1.29 is 22.8 Å². The van der Waals surface area contributed by atoms with Crippen LogP contribution in [-0.4, -0.2) is 41.2 Å². The van der Waals surface area contributed by atoms with Crippen LogP contribution in [0.1, 0.15) is 72.1 Å². The fourth-order valence-electron chi connectivity index (χ4n) is 2.66. The second kappa shape index (κ2) is 16.8. The number of esters is 1. The lowest BCUT2D eigenvalue weighted by Crippen LogP contribution is -2.46. The maximum absolute atomic E-state index is 11.1. The summed E-state index contributed by atoms with van der Waals surface area (Å²) in [6, 6.07) is 0.818. The zero-order valence-electron chi connectivity index (χ0n) is 16.5. The van der Waals surface area contributed by atoms with E-state index < -0.39 is 14.8 Å². The lowest BCUT2D eigenvalue weighted by Gasteiger charge is -2.28. The Balaban J connectivity index is 4.16. The van der Waals surface area contributed by atoms with Crippen molar-refractivity contribution >= 4 is 14.8 Å². The molecule has 5 nitrogen and oxygen atoms in total. The van der Waals surface area contributed by atoms with Crippen LogP contribution in [0.25, 0.3) is 0 Å². The molecule has 0 aliphatic carbocycles. The van der Waals surface area contributed by atoms with Crippen molar-refractivity contribution in [1.82, 2.24) is 0 Å². The number of carbonyl (C=O) groups is 1. The minimum absolute atomic E-state index is 0.192. The third-order valence-corrected chi connectivity index (χ3v) is 6.95. The van der Waals surface area contributed by atoms with E-state index in [1.165, 1.54) is 44.9 Å². The topological polar surface area (TPSA) is 54.0 Å². The highest BCUT2D eigenvalue weighted by molar-refractivity contribution is 6.60. The number of unbranched alkanes of at least 4 members (excludes halogenated alkanes) is 7. The van der Waals surface area contributed by atoms with Crippen molar-refractivity contribution in [3.63, 3.8) is 0 Å². The van der Waals surface area contributed by atoms with Gasteiger partial charge in [0, 0.05) is 25.3 Å². The molecule has 0 saturated carbocycles. The van der Waals surface area contributed by atoms with Crippen LogP contribution in [-0.2, 0) is 22.8 Å². The molecule has 0 aromatic carbocycles. The molecule has 0 fully saturated rings. The molecule has 0 spiro atoms. The van der Waals surface area contributed by atoms with Gasteiger partial charge in [-0.25, -0.2) is 4.79 Å². The highest BCUT2D eigenvalue weighted by atomic mass is 28.4. The Bertz CT molecular complexity index is 330. The minimum Gasteiger partial charge on any atom is -0.460 e. The summed E-state index contributed by atoms with van der Waals surface area (Å²) in [6.45, 7) is 11.1. The Morgan fingerprint density at radius 3 is 1.92 bits per heavy atom. The molecule has 0 rings (SSSR count). The summed E-state index contributed by atoms with van der Waals surface area (Å²) < 4.78 is 22.7. The second-order valence-electron chi connectivity index (χ2n) is 5.99. The van der Waals surface area contributed by atoms with Gasteiger partial charge in [-0.1, -0.05) is 58.4 Å². The Kier molecular flexibility index (Phi) is 16.3. The lowest BCUT2D eigenvalue weighted by atomic mass is 10.1. The van der Waals surface area contributed by atoms with Gasteiger partial charge in [-0.3, -0.25) is 0 Å². The molecule has 0 amide bonds. The smallest absolute Gasteiger partial charge is 0.460 e. The van der Waals surface area contributed by atoms with Crippen LogP contribution in [0.3, 0.4) is 0 Å². The number of carbonyl (C=O) groups excluding carboxylic acids is 1. The molecule has 25 heavy (non-hydrogen) atoms. The molecular weight excluding hydrogens is 336 g/mol. The maximum Gasteiger partial charge on any atom is 0.501 e. The van der Waals surface area contributed by atoms with Gasteiger partial charge in [-0.15, -0.1) is 0 Å². The molecule has 6 heteroatoms. The molecule has 0 aromatic rings. The van der Waals surface area contributed by atoms with Crippen LogP contribution in [0.2, 0.25) is 6.04 Å². The summed E-state index contributed by atoms with van der Waals surface area (Å²) >= 11 is 0. The van der Waals surface area contributed by atoms with Crippen molar-refractivity contribution in [3.8, 4) is 0 Å². The van der Waals surface area contributed by atoms with Crippen LogP contribution in [0.4, 0.5) is 0 Å². The maximum atomic E-state index is 11.1. The van der Waals surface area contributed by atoms with E-state index in [2.05, 4.69) is 13.5 Å². The largest absolute Gasteiger partial charge is 0.501 e. The normalized spacial score (nSPS) is 11.5. The Hall–Kier alpha value is -0.693. The van der Waals surface area contributed by atoms with E-state index in [0.29, 0.717) is 19.8 Å². The summed E-state index contributed by atoms with van der Waals surface area (Å²) in [4.78, 5) is 11.1. The van der Waals surface area contributed by atoms with Crippen molar-refractivity contribution in [3.05, 3.63) is 12.7 Å². The monoisotopic (exact) mass is 374 g/mol. The Labute approximate surface area is 155 Å². The highest BCUT2D eigenvalue weighted by Gasteiger charge is 2.39. The van der Waals surface area contributed by atoms with E-state index in [-0.39, 0.29) is 6.61 Å². The predicted octanol–water partition coefficient (Wildman–Crippen LogP) is 4.88. The van der Waals surface area contributed by atoms with Crippen molar-refractivity contribution in [2.45, 2.75) is 78.2 Å².